The fourth-order valence-electron chi connectivity index (χ4n) is 4.30. The molecule has 156 valence electrons. The highest BCUT2D eigenvalue weighted by molar-refractivity contribution is 6.33. The minimum Gasteiger partial charge on any atom is -0.348 e. The number of aryl methyl sites for hydroxylation is 1. The Morgan fingerprint density at radius 1 is 1.21 bits per heavy atom. The van der Waals surface area contributed by atoms with E-state index in [9.17, 15) is 9.59 Å². The first-order chi connectivity index (χ1) is 13.9. The number of nitrogens with zero attached hydrogens (tertiary/aromatic N) is 1. The molecule has 0 atom stereocenters. The monoisotopic (exact) mass is 414 g/mol. The molecule has 1 aromatic heterocycles. The quantitative estimate of drug-likeness (QED) is 0.645. The van der Waals surface area contributed by atoms with E-state index in [1.807, 2.05) is 19.1 Å². The molecule has 1 aliphatic carbocycles. The zero-order valence-electron chi connectivity index (χ0n) is 17.6. The molecule has 1 amide bonds. The number of halogens is 1. The Labute approximate surface area is 178 Å². The van der Waals surface area contributed by atoms with Crippen molar-refractivity contribution in [1.29, 1.82) is 0 Å². The normalized spacial score (nSPS) is 14.9. The van der Waals surface area contributed by atoms with E-state index in [4.69, 9.17) is 11.6 Å². The lowest BCUT2D eigenvalue weighted by Crippen LogP contribution is -2.30. The number of carbonyl (C=O) groups is 1. The van der Waals surface area contributed by atoms with E-state index in [1.54, 1.807) is 18.2 Å². The first kappa shape index (κ1) is 21.6. The molecule has 1 aliphatic rings. The summed E-state index contributed by atoms with van der Waals surface area (Å²) >= 11 is 6.21. The molecule has 2 aromatic rings. The van der Waals surface area contributed by atoms with Crippen LogP contribution < -0.4 is 10.7 Å². The van der Waals surface area contributed by atoms with Crippen molar-refractivity contribution < 1.29 is 4.79 Å². The number of benzene rings is 1. The Balaban J connectivity index is 2.02. The van der Waals surface area contributed by atoms with Gasteiger partial charge in [-0.15, -0.1) is 0 Å². The number of aromatic nitrogens is 1. The standard InChI is InChI=1S/C24H31ClN2O2/c1-16(2)13-21-23(24(29)26-20-12-8-7-11-19(20)25)22(28)14-17(3)27(21)15-18-9-5-4-6-10-18/h7-8,11-12,14,16,18H,4-6,9-10,13,15H2,1-3H3,(H,26,29). The Morgan fingerprint density at radius 2 is 1.90 bits per heavy atom. The predicted octanol–water partition coefficient (Wildman–Crippen LogP) is 5.84. The molecular weight excluding hydrogens is 384 g/mol. The molecule has 0 unspecified atom stereocenters. The summed E-state index contributed by atoms with van der Waals surface area (Å²) in [5.41, 5.74) is 2.33. The predicted molar refractivity (Wildman–Crippen MR) is 120 cm³/mol. The summed E-state index contributed by atoms with van der Waals surface area (Å²) in [6.45, 7) is 7.09. The molecule has 0 aliphatic heterocycles. The molecule has 4 nitrogen and oxygen atoms in total. The zero-order valence-corrected chi connectivity index (χ0v) is 18.4. The molecular formula is C24H31ClN2O2. The zero-order chi connectivity index (χ0) is 21.0. The summed E-state index contributed by atoms with van der Waals surface area (Å²) in [5, 5.41) is 3.31. The molecule has 1 saturated carbocycles. The van der Waals surface area contributed by atoms with Gasteiger partial charge in [-0.05, 0) is 50.2 Å². The first-order valence-corrected chi connectivity index (χ1v) is 11.0. The average Bonchev–Trinajstić information content (AvgIpc) is 2.67. The molecule has 1 fully saturated rings. The van der Waals surface area contributed by atoms with Crippen molar-refractivity contribution in [2.24, 2.45) is 11.8 Å². The molecule has 0 bridgehead atoms. The van der Waals surface area contributed by atoms with Gasteiger partial charge in [0.25, 0.3) is 5.91 Å². The maximum absolute atomic E-state index is 13.2. The molecule has 29 heavy (non-hydrogen) atoms. The van der Waals surface area contributed by atoms with E-state index in [0.717, 1.165) is 17.9 Å². The van der Waals surface area contributed by atoms with Gasteiger partial charge in [-0.1, -0.05) is 56.8 Å². The van der Waals surface area contributed by atoms with E-state index in [1.165, 1.54) is 32.1 Å². The second-order valence-electron chi connectivity index (χ2n) is 8.62. The molecule has 0 saturated heterocycles. The number of nitrogens with one attached hydrogen (secondary N) is 1. The molecule has 0 radical (unpaired) electrons. The summed E-state index contributed by atoms with van der Waals surface area (Å²) in [5.74, 6) is 0.562. The summed E-state index contributed by atoms with van der Waals surface area (Å²) in [6.07, 6.45) is 6.97. The molecule has 1 aromatic carbocycles. The van der Waals surface area contributed by atoms with Gasteiger partial charge in [0.15, 0.2) is 5.43 Å². The van der Waals surface area contributed by atoms with Crippen LogP contribution in [0.3, 0.4) is 0 Å². The number of carbonyl (C=O) groups excluding carboxylic acids is 1. The highest BCUT2D eigenvalue weighted by Crippen LogP contribution is 2.27. The SMILES string of the molecule is Cc1cc(=O)c(C(=O)Nc2ccccc2Cl)c(CC(C)C)n1CC1CCCCC1. The van der Waals surface area contributed by atoms with Gasteiger partial charge in [0.2, 0.25) is 0 Å². The molecule has 0 spiro atoms. The minimum absolute atomic E-state index is 0.220. The number of amides is 1. The topological polar surface area (TPSA) is 51.1 Å². The maximum atomic E-state index is 13.2. The number of rotatable bonds is 6. The van der Waals surface area contributed by atoms with Crippen molar-refractivity contribution in [3.8, 4) is 0 Å². The van der Waals surface area contributed by atoms with Crippen LogP contribution in [-0.2, 0) is 13.0 Å². The van der Waals surface area contributed by atoms with E-state index < -0.39 is 0 Å². The van der Waals surface area contributed by atoms with Crippen molar-refractivity contribution in [2.45, 2.75) is 65.8 Å². The van der Waals surface area contributed by atoms with Crippen molar-refractivity contribution in [3.05, 3.63) is 62.5 Å². The molecule has 3 rings (SSSR count). The molecule has 1 heterocycles. The van der Waals surface area contributed by atoms with Gasteiger partial charge in [-0.2, -0.15) is 0 Å². The fraction of sp³-hybridized carbons (Fsp3) is 0.500. The largest absolute Gasteiger partial charge is 0.348 e. The number of para-hydroxylation sites is 1. The number of hydrogen-bond acceptors (Lipinski definition) is 2. The Hall–Kier alpha value is -2.07. The smallest absolute Gasteiger partial charge is 0.261 e. The fourth-order valence-corrected chi connectivity index (χ4v) is 4.48. The van der Waals surface area contributed by atoms with Crippen LogP contribution in [0, 0.1) is 18.8 Å². The Kier molecular flexibility index (Phi) is 7.18. The summed E-state index contributed by atoms with van der Waals surface area (Å²) < 4.78 is 2.22. The third-order valence-corrected chi connectivity index (χ3v) is 6.07. The van der Waals surface area contributed by atoms with Gasteiger partial charge in [0.05, 0.1) is 10.7 Å². The van der Waals surface area contributed by atoms with Crippen molar-refractivity contribution in [1.82, 2.24) is 4.57 Å². The molecule has 5 heteroatoms. The first-order valence-electron chi connectivity index (χ1n) is 10.7. The van der Waals surface area contributed by atoms with E-state index >= 15 is 0 Å². The second kappa shape index (κ2) is 9.62. The van der Waals surface area contributed by atoms with Gasteiger partial charge in [0, 0.05) is 24.0 Å². The lowest BCUT2D eigenvalue weighted by atomic mass is 9.88. The highest BCUT2D eigenvalue weighted by atomic mass is 35.5. The van der Waals surface area contributed by atoms with E-state index in [0.29, 0.717) is 29.0 Å². The summed E-state index contributed by atoms with van der Waals surface area (Å²) in [4.78, 5) is 26.1. The van der Waals surface area contributed by atoms with Crippen molar-refractivity contribution in [2.75, 3.05) is 5.32 Å². The van der Waals surface area contributed by atoms with Crippen LogP contribution >= 0.6 is 11.6 Å². The van der Waals surface area contributed by atoms with Gasteiger partial charge in [-0.3, -0.25) is 9.59 Å². The van der Waals surface area contributed by atoms with Crippen molar-refractivity contribution in [3.63, 3.8) is 0 Å². The molecule has 1 N–H and O–H groups in total. The summed E-state index contributed by atoms with van der Waals surface area (Å²) in [6, 6.07) is 8.70. The Bertz CT molecular complexity index is 927. The lowest BCUT2D eigenvalue weighted by molar-refractivity contribution is 0.102. The van der Waals surface area contributed by atoms with Crippen LogP contribution in [0.2, 0.25) is 5.02 Å². The number of anilines is 1. The van der Waals surface area contributed by atoms with Crippen LogP contribution in [-0.4, -0.2) is 10.5 Å². The van der Waals surface area contributed by atoms with E-state index in [2.05, 4.69) is 23.7 Å². The third-order valence-electron chi connectivity index (χ3n) is 5.74. The van der Waals surface area contributed by atoms with Crippen LogP contribution in [0.5, 0.6) is 0 Å². The Morgan fingerprint density at radius 3 is 2.55 bits per heavy atom. The lowest BCUT2D eigenvalue weighted by Gasteiger charge is -2.27. The highest BCUT2D eigenvalue weighted by Gasteiger charge is 2.23. The van der Waals surface area contributed by atoms with Crippen LogP contribution in [0.15, 0.2) is 35.1 Å². The second-order valence-corrected chi connectivity index (χ2v) is 9.03. The van der Waals surface area contributed by atoms with Gasteiger partial charge in [-0.25, -0.2) is 0 Å². The van der Waals surface area contributed by atoms with Gasteiger partial charge in [0.1, 0.15) is 5.56 Å². The van der Waals surface area contributed by atoms with Crippen molar-refractivity contribution >= 4 is 23.2 Å². The van der Waals surface area contributed by atoms with Crippen LogP contribution in [0.1, 0.15) is 67.7 Å². The summed E-state index contributed by atoms with van der Waals surface area (Å²) in [7, 11) is 0. The third kappa shape index (κ3) is 5.30. The van der Waals surface area contributed by atoms with Gasteiger partial charge >= 0.3 is 0 Å². The van der Waals surface area contributed by atoms with Crippen LogP contribution in [0.25, 0.3) is 0 Å². The average molecular weight is 415 g/mol. The number of pyridine rings is 1. The van der Waals surface area contributed by atoms with Gasteiger partial charge < -0.3 is 9.88 Å². The van der Waals surface area contributed by atoms with E-state index in [-0.39, 0.29) is 16.9 Å². The van der Waals surface area contributed by atoms with Crippen LogP contribution in [0.4, 0.5) is 5.69 Å². The number of hydrogen-bond donors (Lipinski definition) is 1. The maximum Gasteiger partial charge on any atom is 0.261 e. The minimum atomic E-state index is -0.379.